The standard InChI is InChI=1S/C27H38N2O9.Fe.Na/c1-3-18-9-17(14-30)10-25(34)21(18)11-28(13-26(35)36)7-8-29(23(16-32)27(37)38)12-22-20(4-2)19(15-31)5-6-24(22)33;;/h5-6,9-10,23,30-34H,3-4,7-8,11-16H2,1-2H3,(H,35,36)(H,37,38);;/q;;+1/t23-;;/m1../s1. The van der Waals surface area contributed by atoms with E-state index in [1.807, 2.05) is 13.8 Å². The normalized spacial score (nSPS) is 11.7. The van der Waals surface area contributed by atoms with E-state index in [0.717, 1.165) is 5.56 Å². The van der Waals surface area contributed by atoms with Gasteiger partial charge in [-0.3, -0.25) is 19.4 Å². The maximum absolute atomic E-state index is 12.0. The number of phenolic OH excluding ortho intramolecular Hbond substituents is 2. The molecule has 13 heteroatoms. The van der Waals surface area contributed by atoms with E-state index in [0.29, 0.717) is 40.7 Å². The van der Waals surface area contributed by atoms with Crippen LogP contribution in [0.25, 0.3) is 0 Å². The van der Waals surface area contributed by atoms with Gasteiger partial charge in [-0.25, -0.2) is 0 Å². The van der Waals surface area contributed by atoms with Crippen molar-refractivity contribution < 1.29 is 92.0 Å². The van der Waals surface area contributed by atoms with Crippen LogP contribution in [0.2, 0.25) is 0 Å². The molecule has 2 aromatic rings. The summed E-state index contributed by atoms with van der Waals surface area (Å²) >= 11 is 0. The summed E-state index contributed by atoms with van der Waals surface area (Å²) in [7, 11) is 0. The Hall–Kier alpha value is -1.70. The van der Waals surface area contributed by atoms with Crippen LogP contribution >= 0.6 is 0 Å². The zero-order valence-electron chi connectivity index (χ0n) is 23.2. The van der Waals surface area contributed by atoms with E-state index in [1.165, 1.54) is 17.0 Å². The first-order chi connectivity index (χ1) is 18.1. The molecule has 0 fully saturated rings. The predicted molar refractivity (Wildman–Crippen MR) is 139 cm³/mol. The molecule has 2 rings (SSSR count). The van der Waals surface area contributed by atoms with Crippen LogP contribution in [0.3, 0.4) is 0 Å². The molecule has 218 valence electrons. The molecule has 7 N–H and O–H groups in total. The van der Waals surface area contributed by atoms with Crippen LogP contribution < -0.4 is 29.6 Å². The number of aliphatic hydroxyl groups is 3. The molecule has 0 aliphatic carbocycles. The molecule has 0 saturated heterocycles. The zero-order chi connectivity index (χ0) is 28.4. The summed E-state index contributed by atoms with van der Waals surface area (Å²) in [5.41, 5.74) is 3.48. The van der Waals surface area contributed by atoms with Crippen molar-refractivity contribution >= 4 is 11.9 Å². The molecule has 0 saturated carbocycles. The average Bonchev–Trinajstić information content (AvgIpc) is 2.88. The van der Waals surface area contributed by atoms with E-state index in [4.69, 9.17) is 0 Å². The molecule has 0 unspecified atom stereocenters. The molecule has 40 heavy (non-hydrogen) atoms. The molecule has 0 radical (unpaired) electrons. The number of hydrogen-bond acceptors (Lipinski definition) is 9. The molecule has 0 amide bonds. The molecule has 0 spiro atoms. The third kappa shape index (κ3) is 10.3. The first kappa shape index (κ1) is 38.3. The van der Waals surface area contributed by atoms with Gasteiger partial charge in [0, 0.05) is 54.4 Å². The monoisotopic (exact) mass is 613 g/mol. The van der Waals surface area contributed by atoms with Crippen molar-refractivity contribution in [2.45, 2.75) is 59.0 Å². The quantitative estimate of drug-likeness (QED) is 0.105. The summed E-state index contributed by atoms with van der Waals surface area (Å²) in [6.45, 7) is 2.20. The Kier molecular flexibility index (Phi) is 17.9. The molecule has 0 aromatic heterocycles. The molecule has 0 heterocycles. The molecule has 0 aliphatic rings. The van der Waals surface area contributed by atoms with Crippen molar-refractivity contribution in [3.05, 3.63) is 57.6 Å². The Labute approximate surface area is 266 Å². The number of aryl methyl sites for hydroxylation is 1. The number of aliphatic hydroxyl groups excluding tert-OH is 3. The number of hydrogen-bond donors (Lipinski definition) is 7. The number of benzene rings is 2. The van der Waals surface area contributed by atoms with Gasteiger partial charge in [-0.2, -0.15) is 0 Å². The van der Waals surface area contributed by atoms with Gasteiger partial charge in [0.2, 0.25) is 0 Å². The minimum atomic E-state index is -1.33. The number of carboxylic acid groups (broad SMARTS) is 2. The first-order valence-corrected chi connectivity index (χ1v) is 12.5. The zero-order valence-corrected chi connectivity index (χ0v) is 26.3. The smallest absolute Gasteiger partial charge is 0.508 e. The maximum Gasteiger partial charge on any atom is 1.00 e. The topological polar surface area (TPSA) is 182 Å². The number of carbonyl (C=O) groups is 2. The number of rotatable bonds is 16. The van der Waals surface area contributed by atoms with E-state index in [1.54, 1.807) is 17.0 Å². The van der Waals surface area contributed by atoms with Crippen LogP contribution in [0, 0.1) is 0 Å². The Morgan fingerprint density at radius 1 is 0.825 bits per heavy atom. The van der Waals surface area contributed by atoms with Gasteiger partial charge in [-0.1, -0.05) is 26.0 Å². The third-order valence-corrected chi connectivity index (χ3v) is 6.67. The van der Waals surface area contributed by atoms with Crippen LogP contribution in [0.1, 0.15) is 47.2 Å². The van der Waals surface area contributed by atoms with Crippen LogP contribution in [0.4, 0.5) is 0 Å². The van der Waals surface area contributed by atoms with Crippen molar-refractivity contribution in [3.63, 3.8) is 0 Å². The van der Waals surface area contributed by atoms with Gasteiger partial charge >= 0.3 is 41.5 Å². The number of aromatic hydroxyl groups is 2. The van der Waals surface area contributed by atoms with Crippen LogP contribution in [0.15, 0.2) is 24.3 Å². The second kappa shape index (κ2) is 18.7. The Bertz CT molecular complexity index is 1120. The number of aliphatic carboxylic acids is 2. The van der Waals surface area contributed by atoms with Crippen molar-refractivity contribution in [1.29, 1.82) is 0 Å². The molecule has 0 aliphatic heterocycles. The molecule has 1 atom stereocenters. The van der Waals surface area contributed by atoms with Gasteiger partial charge < -0.3 is 35.7 Å². The fourth-order valence-corrected chi connectivity index (χ4v) is 4.66. The summed E-state index contributed by atoms with van der Waals surface area (Å²) in [6, 6.07) is 4.86. The van der Waals surface area contributed by atoms with Gasteiger partial charge in [-0.15, -0.1) is 0 Å². The van der Waals surface area contributed by atoms with Crippen molar-refractivity contribution in [2.24, 2.45) is 0 Å². The van der Waals surface area contributed by atoms with Crippen molar-refractivity contribution in [2.75, 3.05) is 26.2 Å². The number of nitrogens with zero attached hydrogens (tertiary/aromatic N) is 2. The van der Waals surface area contributed by atoms with E-state index >= 15 is 0 Å². The van der Waals surface area contributed by atoms with Crippen LogP contribution in [-0.2, 0) is 65.8 Å². The predicted octanol–water partition coefficient (Wildman–Crippen LogP) is -1.96. The number of carboxylic acids is 2. The van der Waals surface area contributed by atoms with E-state index < -0.39 is 24.6 Å². The van der Waals surface area contributed by atoms with Crippen molar-refractivity contribution in [1.82, 2.24) is 9.80 Å². The Balaban J connectivity index is 0.00000760. The van der Waals surface area contributed by atoms with Crippen LogP contribution in [-0.4, -0.2) is 89.8 Å². The van der Waals surface area contributed by atoms with Gasteiger partial charge in [0.1, 0.15) is 17.5 Å². The second-order valence-electron chi connectivity index (χ2n) is 9.09. The first-order valence-electron chi connectivity index (χ1n) is 12.5. The van der Waals surface area contributed by atoms with E-state index in [2.05, 4.69) is 0 Å². The van der Waals surface area contributed by atoms with Gasteiger partial charge in [-0.05, 0) is 47.2 Å². The number of phenols is 2. The van der Waals surface area contributed by atoms with E-state index in [-0.39, 0.29) is 104 Å². The summed E-state index contributed by atoms with van der Waals surface area (Å²) in [5.74, 6) is -2.54. The Morgan fingerprint density at radius 3 is 2.00 bits per heavy atom. The molecule has 11 nitrogen and oxygen atoms in total. The van der Waals surface area contributed by atoms with Crippen molar-refractivity contribution in [3.8, 4) is 11.5 Å². The molecular weight excluding hydrogens is 575 g/mol. The molecule has 2 aromatic carbocycles. The summed E-state index contributed by atoms with van der Waals surface area (Å²) in [6.07, 6.45) is 1.01. The van der Waals surface area contributed by atoms with Gasteiger partial charge in [0.15, 0.2) is 0 Å². The van der Waals surface area contributed by atoms with Gasteiger partial charge in [0.05, 0.1) is 26.4 Å². The molecule has 0 bridgehead atoms. The fourth-order valence-electron chi connectivity index (χ4n) is 4.66. The second-order valence-corrected chi connectivity index (χ2v) is 9.09. The minimum Gasteiger partial charge on any atom is -0.508 e. The SMILES string of the molecule is CCc1cc(CO)cc(O)c1CN(CCN(Cc1c(O)ccc(CO)c1CC)[C@H](CO)C(=O)O)CC(=O)O.[Fe].[Na+]. The summed E-state index contributed by atoms with van der Waals surface area (Å²) in [5, 5.41) is 69.4. The summed E-state index contributed by atoms with van der Waals surface area (Å²) < 4.78 is 0. The average molecular weight is 613 g/mol. The third-order valence-electron chi connectivity index (χ3n) is 6.67. The van der Waals surface area contributed by atoms with E-state index in [9.17, 15) is 45.3 Å². The summed E-state index contributed by atoms with van der Waals surface area (Å²) in [4.78, 5) is 26.6. The largest absolute Gasteiger partial charge is 1.00 e. The van der Waals surface area contributed by atoms with Gasteiger partial charge in [0.25, 0.3) is 0 Å². The Morgan fingerprint density at radius 2 is 1.50 bits per heavy atom. The maximum atomic E-state index is 12.0. The molecular formula is C27H38FeN2NaO9+. The minimum absolute atomic E-state index is 0. The van der Waals surface area contributed by atoms with Crippen LogP contribution in [0.5, 0.6) is 11.5 Å². The fraction of sp³-hybridized carbons (Fsp3) is 0.481.